The predicted molar refractivity (Wildman–Crippen MR) is 85.3 cm³/mol. The van der Waals surface area contributed by atoms with Crippen LogP contribution in [0.4, 0.5) is 0 Å². The number of benzene rings is 2. The molecule has 2 nitrogen and oxygen atoms in total. The Balaban J connectivity index is 0.000000121. The molecule has 0 atom stereocenters. The van der Waals surface area contributed by atoms with Crippen molar-refractivity contribution in [3.63, 3.8) is 0 Å². The highest BCUT2D eigenvalue weighted by Gasteiger charge is 2.08. The van der Waals surface area contributed by atoms with Gasteiger partial charge in [0, 0.05) is 21.3 Å². The summed E-state index contributed by atoms with van der Waals surface area (Å²) in [4.78, 5) is 2.91. The fraction of sp³-hybridized carbons (Fsp3) is 0.250. The van der Waals surface area contributed by atoms with E-state index >= 15 is 0 Å². The normalized spacial score (nSPS) is 15.6. The zero-order valence-corrected chi connectivity index (χ0v) is 12.7. The van der Waals surface area contributed by atoms with E-state index in [1.165, 1.54) is 21.3 Å². The molecular weight excluding hydrogens is 288 g/mol. The van der Waals surface area contributed by atoms with Gasteiger partial charge in [0.15, 0.2) is 11.5 Å². The van der Waals surface area contributed by atoms with Crippen molar-refractivity contribution in [1.29, 1.82) is 0 Å². The Hall–Kier alpha value is -1.26. The number of rotatable bonds is 0. The first-order chi connectivity index (χ1) is 9.93. The third-order valence-corrected chi connectivity index (χ3v) is 5.43. The molecule has 0 bridgehead atoms. The summed E-state index contributed by atoms with van der Waals surface area (Å²) in [5.74, 6) is 4.24. The molecule has 0 unspecified atom stereocenters. The van der Waals surface area contributed by atoms with Crippen molar-refractivity contribution in [1.82, 2.24) is 0 Å². The summed E-state index contributed by atoms with van der Waals surface area (Å²) in [6.07, 6.45) is 0. The molecule has 2 aromatic carbocycles. The monoisotopic (exact) mass is 304 g/mol. The highest BCUT2D eigenvalue weighted by Crippen LogP contribution is 2.35. The topological polar surface area (TPSA) is 18.5 Å². The lowest BCUT2D eigenvalue weighted by atomic mass is 10.3. The second-order valence-corrected chi connectivity index (χ2v) is 6.56. The van der Waals surface area contributed by atoms with E-state index in [-0.39, 0.29) is 0 Å². The summed E-state index contributed by atoms with van der Waals surface area (Å²) >= 11 is 3.94. The minimum absolute atomic E-state index is 0.664. The van der Waals surface area contributed by atoms with E-state index in [4.69, 9.17) is 9.47 Å². The number of thioether (sulfide) groups is 2. The van der Waals surface area contributed by atoms with Crippen molar-refractivity contribution in [2.45, 2.75) is 9.79 Å². The van der Waals surface area contributed by atoms with Crippen LogP contribution in [-0.4, -0.2) is 24.7 Å². The maximum absolute atomic E-state index is 5.30. The third kappa shape index (κ3) is 3.44. The van der Waals surface area contributed by atoms with Crippen LogP contribution in [0, 0.1) is 0 Å². The molecule has 0 aliphatic carbocycles. The molecule has 0 spiro atoms. The Bertz CT molecular complexity index is 470. The van der Waals surface area contributed by atoms with E-state index in [1.807, 2.05) is 47.8 Å². The van der Waals surface area contributed by atoms with Gasteiger partial charge >= 0.3 is 0 Å². The maximum Gasteiger partial charge on any atom is 0.161 e. The molecule has 104 valence electrons. The number of hydrogen-bond acceptors (Lipinski definition) is 4. The van der Waals surface area contributed by atoms with Gasteiger partial charge in [-0.3, -0.25) is 0 Å². The van der Waals surface area contributed by atoms with Crippen LogP contribution in [0.5, 0.6) is 11.5 Å². The second-order valence-electron chi connectivity index (χ2n) is 4.29. The first-order valence-corrected chi connectivity index (χ1v) is 8.60. The van der Waals surface area contributed by atoms with Gasteiger partial charge in [-0.1, -0.05) is 24.3 Å². The maximum atomic E-state index is 5.30. The summed E-state index contributed by atoms with van der Waals surface area (Å²) in [5, 5.41) is 0. The van der Waals surface area contributed by atoms with E-state index in [1.54, 1.807) is 0 Å². The quantitative estimate of drug-likeness (QED) is 0.720. The van der Waals surface area contributed by atoms with E-state index in [0.29, 0.717) is 13.2 Å². The number of para-hydroxylation sites is 2. The van der Waals surface area contributed by atoms with Crippen molar-refractivity contribution in [3.8, 4) is 11.5 Å². The van der Waals surface area contributed by atoms with Crippen LogP contribution in [0.25, 0.3) is 0 Å². The van der Waals surface area contributed by atoms with Crippen LogP contribution >= 0.6 is 23.5 Å². The van der Waals surface area contributed by atoms with E-state index in [2.05, 4.69) is 24.3 Å². The van der Waals surface area contributed by atoms with Gasteiger partial charge in [-0.2, -0.15) is 0 Å². The van der Waals surface area contributed by atoms with Crippen LogP contribution in [0.2, 0.25) is 0 Å². The standard InChI is InChI=1S/C8H8O2.C8H8S2/c2*1-2-4-8-7(3-1)9-5-6-10-8/h2*1-4H,5-6H2. The first kappa shape index (κ1) is 13.7. The molecule has 2 heterocycles. The molecule has 2 aliphatic heterocycles. The highest BCUT2D eigenvalue weighted by molar-refractivity contribution is 8.05. The zero-order valence-electron chi connectivity index (χ0n) is 11.1. The first-order valence-electron chi connectivity index (χ1n) is 6.63. The molecule has 0 amide bonds. The van der Waals surface area contributed by atoms with Crippen LogP contribution in [0.15, 0.2) is 58.3 Å². The summed E-state index contributed by atoms with van der Waals surface area (Å²) in [6, 6.07) is 16.3. The lowest BCUT2D eigenvalue weighted by Gasteiger charge is -2.17. The molecule has 0 saturated heterocycles. The molecule has 0 fully saturated rings. The van der Waals surface area contributed by atoms with E-state index in [0.717, 1.165) is 11.5 Å². The van der Waals surface area contributed by atoms with Gasteiger partial charge in [0.1, 0.15) is 13.2 Å². The molecule has 20 heavy (non-hydrogen) atoms. The number of ether oxygens (including phenoxy) is 2. The average molecular weight is 304 g/mol. The summed E-state index contributed by atoms with van der Waals surface area (Å²) in [6.45, 7) is 1.33. The molecule has 0 saturated carbocycles. The van der Waals surface area contributed by atoms with Crippen molar-refractivity contribution in [3.05, 3.63) is 48.5 Å². The zero-order chi connectivity index (χ0) is 13.6. The van der Waals surface area contributed by atoms with Crippen molar-refractivity contribution in [2.75, 3.05) is 24.7 Å². The SMILES string of the molecule is c1ccc2c(c1)OCCO2.c1ccc2c(c1)SCCS2. The van der Waals surface area contributed by atoms with Gasteiger partial charge < -0.3 is 9.47 Å². The summed E-state index contributed by atoms with van der Waals surface area (Å²) in [5.41, 5.74) is 0. The molecular formula is C16H16O2S2. The van der Waals surface area contributed by atoms with E-state index in [9.17, 15) is 0 Å². The summed E-state index contributed by atoms with van der Waals surface area (Å²) < 4.78 is 10.6. The Morgan fingerprint density at radius 3 is 1.60 bits per heavy atom. The van der Waals surface area contributed by atoms with Gasteiger partial charge in [0.25, 0.3) is 0 Å². The van der Waals surface area contributed by atoms with Crippen molar-refractivity contribution in [2.24, 2.45) is 0 Å². The van der Waals surface area contributed by atoms with Gasteiger partial charge in [0.2, 0.25) is 0 Å². The van der Waals surface area contributed by atoms with Gasteiger partial charge in [-0.05, 0) is 24.3 Å². The fourth-order valence-electron chi connectivity index (χ4n) is 1.98. The predicted octanol–water partition coefficient (Wildman–Crippen LogP) is 4.34. The van der Waals surface area contributed by atoms with Crippen LogP contribution in [-0.2, 0) is 0 Å². The lowest BCUT2D eigenvalue weighted by Crippen LogP contribution is -2.14. The second kappa shape index (κ2) is 6.95. The minimum Gasteiger partial charge on any atom is -0.486 e. The molecule has 0 N–H and O–H groups in total. The van der Waals surface area contributed by atoms with Crippen LogP contribution < -0.4 is 9.47 Å². The molecule has 2 aliphatic rings. The Morgan fingerprint density at radius 2 is 1.10 bits per heavy atom. The molecule has 0 aromatic heterocycles. The van der Waals surface area contributed by atoms with Gasteiger partial charge in [-0.25, -0.2) is 0 Å². The van der Waals surface area contributed by atoms with E-state index < -0.39 is 0 Å². The largest absolute Gasteiger partial charge is 0.486 e. The van der Waals surface area contributed by atoms with Crippen LogP contribution in [0.3, 0.4) is 0 Å². The van der Waals surface area contributed by atoms with Crippen LogP contribution in [0.1, 0.15) is 0 Å². The average Bonchev–Trinajstić information content (AvgIpc) is 2.56. The molecule has 2 aromatic rings. The van der Waals surface area contributed by atoms with Gasteiger partial charge in [0.05, 0.1) is 0 Å². The molecule has 4 heteroatoms. The fourth-order valence-corrected chi connectivity index (χ4v) is 4.21. The summed E-state index contributed by atoms with van der Waals surface area (Å²) in [7, 11) is 0. The minimum atomic E-state index is 0.664. The Kier molecular flexibility index (Phi) is 4.77. The number of hydrogen-bond donors (Lipinski definition) is 0. The molecule has 4 rings (SSSR count). The number of fused-ring (bicyclic) bond motifs is 2. The van der Waals surface area contributed by atoms with Gasteiger partial charge in [-0.15, -0.1) is 23.5 Å². The Labute approximate surface area is 127 Å². The highest BCUT2D eigenvalue weighted by atomic mass is 32.2. The van der Waals surface area contributed by atoms with Crippen molar-refractivity contribution < 1.29 is 9.47 Å². The Morgan fingerprint density at radius 1 is 0.650 bits per heavy atom. The van der Waals surface area contributed by atoms with Crippen molar-refractivity contribution >= 4 is 23.5 Å². The molecule has 0 radical (unpaired) electrons. The third-order valence-electron chi connectivity index (χ3n) is 2.90. The lowest BCUT2D eigenvalue weighted by molar-refractivity contribution is 0.171. The smallest absolute Gasteiger partial charge is 0.161 e.